The molecule has 2 heterocycles. The predicted octanol–water partition coefficient (Wildman–Crippen LogP) is 1.36. The summed E-state index contributed by atoms with van der Waals surface area (Å²) in [6.07, 6.45) is -0.214. The number of Topliss-reactive ketones (excluding diaryl/α,β-unsaturated/α-hetero) is 1. The number of esters is 1. The smallest absolute Gasteiger partial charge is 0.313 e. The summed E-state index contributed by atoms with van der Waals surface area (Å²) in [5.74, 6) is -0.0455. The van der Waals surface area contributed by atoms with Crippen molar-refractivity contribution in [1.82, 2.24) is 19.6 Å². The maximum absolute atomic E-state index is 11.7. The van der Waals surface area contributed by atoms with Gasteiger partial charge in [0.2, 0.25) is 0 Å². The van der Waals surface area contributed by atoms with Crippen LogP contribution in [-0.2, 0) is 14.3 Å². The molecule has 0 unspecified atom stereocenters. The fraction of sp³-hybridized carbons (Fsp3) is 0.462. The quantitative estimate of drug-likeness (QED) is 0.452. The average Bonchev–Trinajstić information content (AvgIpc) is 2.79. The van der Waals surface area contributed by atoms with E-state index in [0.29, 0.717) is 10.9 Å². The molecule has 0 aliphatic carbocycles. The van der Waals surface area contributed by atoms with Crippen LogP contribution < -0.4 is 0 Å². The molecule has 0 fully saturated rings. The van der Waals surface area contributed by atoms with E-state index in [0.717, 1.165) is 11.4 Å². The number of ether oxygens (including phenoxy) is 1. The lowest BCUT2D eigenvalue weighted by Crippen LogP contribution is -2.13. The van der Waals surface area contributed by atoms with Gasteiger partial charge in [-0.2, -0.15) is 0 Å². The molecule has 0 aliphatic rings. The van der Waals surface area contributed by atoms with E-state index in [1.165, 1.54) is 11.8 Å². The molecule has 0 N–H and O–H groups in total. The Hall–Kier alpha value is -1.96. The van der Waals surface area contributed by atoms with E-state index < -0.39 is 5.97 Å². The number of hydrogen-bond acceptors (Lipinski definition) is 7. The van der Waals surface area contributed by atoms with E-state index in [4.69, 9.17) is 4.74 Å². The summed E-state index contributed by atoms with van der Waals surface area (Å²) in [7, 11) is 0. The second-order valence-corrected chi connectivity index (χ2v) is 5.41. The second kappa shape index (κ2) is 6.66. The summed E-state index contributed by atoms with van der Waals surface area (Å²) < 4.78 is 6.53. The van der Waals surface area contributed by atoms with Crippen LogP contribution in [0.3, 0.4) is 0 Å². The highest BCUT2D eigenvalue weighted by atomic mass is 32.2. The summed E-state index contributed by atoms with van der Waals surface area (Å²) in [4.78, 5) is 27.2. The van der Waals surface area contributed by atoms with E-state index in [-0.39, 0.29) is 24.6 Å². The molecule has 2 aromatic rings. The molecule has 0 spiro atoms. The monoisotopic (exact) mass is 308 g/mol. The lowest BCUT2D eigenvalue weighted by molar-refractivity contribution is -0.145. The first-order valence-corrected chi connectivity index (χ1v) is 7.49. The van der Waals surface area contributed by atoms with E-state index in [2.05, 4.69) is 15.2 Å². The number of aromatic nitrogens is 4. The molecule has 0 aromatic carbocycles. The summed E-state index contributed by atoms with van der Waals surface area (Å²) in [6, 6.07) is 1.92. The molecule has 0 amide bonds. The Bertz CT molecular complexity index is 683. The number of rotatable bonds is 6. The predicted molar refractivity (Wildman–Crippen MR) is 77.2 cm³/mol. The fourth-order valence-corrected chi connectivity index (χ4v) is 2.71. The maximum Gasteiger partial charge on any atom is 0.313 e. The van der Waals surface area contributed by atoms with Crippen LogP contribution in [0.25, 0.3) is 5.78 Å². The number of fused-ring (bicyclic) bond motifs is 1. The van der Waals surface area contributed by atoms with Crippen LogP contribution in [0.2, 0.25) is 0 Å². The Morgan fingerprint density at radius 3 is 2.81 bits per heavy atom. The van der Waals surface area contributed by atoms with Crippen molar-refractivity contribution in [2.45, 2.75) is 32.3 Å². The van der Waals surface area contributed by atoms with Gasteiger partial charge in [-0.05, 0) is 26.8 Å². The number of carbonyl (C=O) groups is 2. The first kappa shape index (κ1) is 15.4. The largest absolute Gasteiger partial charge is 0.466 e. The molecular formula is C13H16N4O3S. The first-order valence-electron chi connectivity index (χ1n) is 6.50. The van der Waals surface area contributed by atoms with Crippen molar-refractivity contribution in [3.8, 4) is 0 Å². The van der Waals surface area contributed by atoms with Gasteiger partial charge in [-0.3, -0.25) is 14.0 Å². The van der Waals surface area contributed by atoms with Crippen molar-refractivity contribution in [3.05, 3.63) is 17.5 Å². The topological polar surface area (TPSA) is 86.5 Å². The van der Waals surface area contributed by atoms with Crippen LogP contribution in [-0.4, -0.2) is 43.7 Å². The third kappa shape index (κ3) is 3.78. The van der Waals surface area contributed by atoms with Crippen LogP contribution in [0.1, 0.15) is 24.7 Å². The Morgan fingerprint density at radius 1 is 1.33 bits per heavy atom. The van der Waals surface area contributed by atoms with Crippen molar-refractivity contribution in [3.63, 3.8) is 0 Å². The van der Waals surface area contributed by atoms with Gasteiger partial charge in [-0.15, -0.1) is 10.2 Å². The molecule has 8 heteroatoms. The van der Waals surface area contributed by atoms with Gasteiger partial charge >= 0.3 is 5.97 Å². The van der Waals surface area contributed by atoms with Gasteiger partial charge < -0.3 is 4.74 Å². The molecule has 0 radical (unpaired) electrons. The minimum Gasteiger partial charge on any atom is -0.466 e. The molecule has 7 nitrogen and oxygen atoms in total. The lowest BCUT2D eigenvalue weighted by Gasteiger charge is -2.04. The lowest BCUT2D eigenvalue weighted by atomic mass is 10.3. The highest BCUT2D eigenvalue weighted by Crippen LogP contribution is 2.18. The zero-order valence-electron chi connectivity index (χ0n) is 12.1. The van der Waals surface area contributed by atoms with Crippen LogP contribution in [0.15, 0.2) is 11.2 Å². The minimum absolute atomic E-state index is 0.146. The highest BCUT2D eigenvalue weighted by molar-refractivity contribution is 7.99. The zero-order chi connectivity index (χ0) is 15.4. The molecule has 0 saturated heterocycles. The van der Waals surface area contributed by atoms with Gasteiger partial charge in [0.05, 0.1) is 12.4 Å². The van der Waals surface area contributed by atoms with E-state index in [1.807, 2.05) is 19.9 Å². The molecule has 0 atom stereocenters. The number of aryl methyl sites for hydroxylation is 2. The van der Waals surface area contributed by atoms with Crippen molar-refractivity contribution in [1.29, 1.82) is 0 Å². The van der Waals surface area contributed by atoms with Gasteiger partial charge in [0.1, 0.15) is 6.42 Å². The van der Waals surface area contributed by atoms with Gasteiger partial charge in [0.15, 0.2) is 10.9 Å². The summed E-state index contributed by atoms with van der Waals surface area (Å²) in [5, 5.41) is 8.61. The van der Waals surface area contributed by atoms with Crippen molar-refractivity contribution < 1.29 is 14.3 Å². The van der Waals surface area contributed by atoms with Crippen LogP contribution in [0, 0.1) is 13.8 Å². The second-order valence-electron chi connectivity index (χ2n) is 4.47. The average molecular weight is 308 g/mol. The Morgan fingerprint density at radius 2 is 2.10 bits per heavy atom. The zero-order valence-corrected chi connectivity index (χ0v) is 12.9. The standard InChI is InChI=1S/C13H16N4O3S/c1-4-20-11(19)6-10(18)7-21-13-16-15-12-14-8(2)5-9(3)17(12)13/h5H,4,6-7H2,1-3H3. The van der Waals surface area contributed by atoms with Crippen molar-refractivity contribution >= 4 is 29.3 Å². The molecule has 112 valence electrons. The first-order chi connectivity index (χ1) is 10.0. The number of ketones is 1. The molecular weight excluding hydrogens is 292 g/mol. The van der Waals surface area contributed by atoms with Crippen molar-refractivity contribution in [2.75, 3.05) is 12.4 Å². The molecule has 0 aliphatic heterocycles. The number of nitrogens with zero attached hydrogens (tertiary/aromatic N) is 4. The van der Waals surface area contributed by atoms with Gasteiger partial charge in [0, 0.05) is 11.4 Å². The minimum atomic E-state index is -0.498. The van der Waals surface area contributed by atoms with E-state index >= 15 is 0 Å². The molecule has 0 saturated carbocycles. The molecule has 2 aromatic heterocycles. The summed E-state index contributed by atoms with van der Waals surface area (Å²) in [5.41, 5.74) is 1.81. The van der Waals surface area contributed by atoms with Crippen molar-refractivity contribution in [2.24, 2.45) is 0 Å². The van der Waals surface area contributed by atoms with Crippen LogP contribution in [0.4, 0.5) is 0 Å². The number of carbonyl (C=O) groups excluding carboxylic acids is 2. The van der Waals surface area contributed by atoms with Crippen LogP contribution >= 0.6 is 11.8 Å². The Labute approximate surface area is 126 Å². The summed E-state index contributed by atoms with van der Waals surface area (Å²) in [6.45, 7) is 5.79. The number of thioether (sulfide) groups is 1. The normalized spacial score (nSPS) is 10.8. The van der Waals surface area contributed by atoms with Gasteiger partial charge in [-0.1, -0.05) is 11.8 Å². The van der Waals surface area contributed by atoms with Crippen LogP contribution in [0.5, 0.6) is 0 Å². The maximum atomic E-state index is 11.7. The van der Waals surface area contributed by atoms with Gasteiger partial charge in [0.25, 0.3) is 5.78 Å². The highest BCUT2D eigenvalue weighted by Gasteiger charge is 2.14. The Balaban J connectivity index is 2.04. The third-order valence-electron chi connectivity index (χ3n) is 2.67. The van der Waals surface area contributed by atoms with Gasteiger partial charge in [-0.25, -0.2) is 4.98 Å². The van der Waals surface area contributed by atoms with E-state index in [1.54, 1.807) is 11.3 Å². The molecule has 21 heavy (non-hydrogen) atoms. The van der Waals surface area contributed by atoms with E-state index in [9.17, 15) is 9.59 Å². The number of hydrogen-bond donors (Lipinski definition) is 0. The SMILES string of the molecule is CCOC(=O)CC(=O)CSc1nnc2nc(C)cc(C)n12. The third-order valence-corrected chi connectivity index (χ3v) is 3.66. The molecule has 0 bridgehead atoms. The Kier molecular flexibility index (Phi) is 4.89. The summed E-state index contributed by atoms with van der Waals surface area (Å²) >= 11 is 1.24. The molecule has 2 rings (SSSR count). The fourth-order valence-electron chi connectivity index (χ4n) is 1.86.